The molecule has 1 aromatic rings. The van der Waals surface area contributed by atoms with Gasteiger partial charge in [-0.1, -0.05) is 6.92 Å². The zero-order valence-electron chi connectivity index (χ0n) is 7.53. The fourth-order valence-electron chi connectivity index (χ4n) is 1.12. The number of ether oxygens (including phenoxy) is 1. The van der Waals surface area contributed by atoms with Gasteiger partial charge in [-0.15, -0.1) is 11.3 Å². The molecular formula is C8H10N2O2S. The van der Waals surface area contributed by atoms with Gasteiger partial charge in [0, 0.05) is 7.05 Å². The first kappa shape index (κ1) is 8.50. The number of hydrogen-bond acceptors (Lipinski definition) is 4. The van der Waals surface area contributed by atoms with Crippen molar-refractivity contribution in [3.8, 4) is 5.88 Å². The molecule has 0 aliphatic carbocycles. The third-order valence-electron chi connectivity index (χ3n) is 1.88. The number of hydrogen-bond donors (Lipinski definition) is 0. The van der Waals surface area contributed by atoms with E-state index in [0.717, 1.165) is 11.4 Å². The van der Waals surface area contributed by atoms with E-state index < -0.39 is 0 Å². The van der Waals surface area contributed by atoms with Crippen molar-refractivity contribution >= 4 is 17.2 Å². The van der Waals surface area contributed by atoms with Gasteiger partial charge >= 0.3 is 0 Å². The van der Waals surface area contributed by atoms with Gasteiger partial charge in [-0.3, -0.25) is 4.79 Å². The van der Waals surface area contributed by atoms with Crippen molar-refractivity contribution in [2.24, 2.45) is 0 Å². The summed E-state index contributed by atoms with van der Waals surface area (Å²) in [5.74, 6) is 0.517. The van der Waals surface area contributed by atoms with E-state index in [1.807, 2.05) is 6.92 Å². The minimum Gasteiger partial charge on any atom is -0.455 e. The van der Waals surface area contributed by atoms with E-state index in [1.54, 1.807) is 11.9 Å². The molecule has 0 N–H and O–H groups in total. The first-order valence-corrected chi connectivity index (χ1v) is 4.92. The summed E-state index contributed by atoms with van der Waals surface area (Å²) in [6.07, 6.45) is 0.845. The predicted molar refractivity (Wildman–Crippen MR) is 49.1 cm³/mol. The van der Waals surface area contributed by atoms with Crippen LogP contribution in [-0.4, -0.2) is 29.6 Å². The van der Waals surface area contributed by atoms with E-state index in [0.29, 0.717) is 17.5 Å². The van der Waals surface area contributed by atoms with Crippen LogP contribution in [0, 0.1) is 0 Å². The Balaban J connectivity index is 2.42. The van der Waals surface area contributed by atoms with E-state index in [4.69, 9.17) is 4.74 Å². The molecule has 0 saturated carbocycles. The van der Waals surface area contributed by atoms with Crippen LogP contribution < -0.4 is 4.74 Å². The minimum absolute atomic E-state index is 0.0125. The molecule has 4 nitrogen and oxygen atoms in total. The molecule has 13 heavy (non-hydrogen) atoms. The maximum atomic E-state index is 11.6. The first-order valence-electron chi connectivity index (χ1n) is 4.10. The lowest BCUT2D eigenvalue weighted by molar-refractivity contribution is 0.0594. The highest BCUT2D eigenvalue weighted by molar-refractivity contribution is 7.14. The van der Waals surface area contributed by atoms with E-state index in [-0.39, 0.29) is 5.91 Å². The van der Waals surface area contributed by atoms with Crippen LogP contribution in [0.4, 0.5) is 0 Å². The van der Waals surface area contributed by atoms with E-state index >= 15 is 0 Å². The van der Waals surface area contributed by atoms with Crippen molar-refractivity contribution in [2.45, 2.75) is 13.3 Å². The molecule has 1 aliphatic heterocycles. The molecule has 0 aromatic carbocycles. The van der Waals surface area contributed by atoms with Crippen LogP contribution in [-0.2, 0) is 6.42 Å². The Hall–Kier alpha value is -1.10. The summed E-state index contributed by atoms with van der Waals surface area (Å²) in [4.78, 5) is 17.9. The molecule has 1 aliphatic rings. The van der Waals surface area contributed by atoms with Crippen LogP contribution in [0.2, 0.25) is 0 Å². The van der Waals surface area contributed by atoms with Crippen LogP contribution in [0.5, 0.6) is 5.88 Å². The van der Waals surface area contributed by atoms with Crippen molar-refractivity contribution in [1.82, 2.24) is 9.88 Å². The van der Waals surface area contributed by atoms with Gasteiger partial charge in [0.1, 0.15) is 0 Å². The first-order chi connectivity index (χ1) is 6.22. The normalized spacial score (nSPS) is 15.5. The molecule has 0 radical (unpaired) electrons. The number of carbonyl (C=O) groups excluding carboxylic acids is 1. The zero-order valence-corrected chi connectivity index (χ0v) is 8.35. The van der Waals surface area contributed by atoms with Gasteiger partial charge in [-0.2, -0.15) is 0 Å². The van der Waals surface area contributed by atoms with Crippen LogP contribution in [0.25, 0.3) is 0 Å². The van der Waals surface area contributed by atoms with Crippen LogP contribution in [0.3, 0.4) is 0 Å². The fraction of sp³-hybridized carbons (Fsp3) is 0.500. The number of thiazole rings is 1. The summed E-state index contributed by atoms with van der Waals surface area (Å²) in [7, 11) is 1.72. The highest BCUT2D eigenvalue weighted by Gasteiger charge is 2.26. The summed E-state index contributed by atoms with van der Waals surface area (Å²) in [6.45, 7) is 2.32. The van der Waals surface area contributed by atoms with Gasteiger partial charge in [0.15, 0.2) is 11.6 Å². The standard InChI is InChI=1S/C8H10N2O2S/c1-3-5-9-7-6(13-5)8(11)10(2)4-12-7/h3-4H2,1-2H3. The highest BCUT2D eigenvalue weighted by atomic mass is 32.1. The number of amides is 1. The molecule has 0 unspecified atom stereocenters. The Morgan fingerprint density at radius 1 is 1.69 bits per heavy atom. The quantitative estimate of drug-likeness (QED) is 0.679. The lowest BCUT2D eigenvalue weighted by atomic mass is 10.4. The van der Waals surface area contributed by atoms with Gasteiger partial charge in [0.05, 0.1) is 5.01 Å². The Morgan fingerprint density at radius 3 is 3.15 bits per heavy atom. The molecule has 1 amide bonds. The van der Waals surface area contributed by atoms with Gasteiger partial charge in [-0.25, -0.2) is 4.98 Å². The molecule has 5 heteroatoms. The lowest BCUT2D eigenvalue weighted by Crippen LogP contribution is -2.34. The second-order valence-corrected chi connectivity index (χ2v) is 3.96. The molecule has 2 heterocycles. The molecule has 0 atom stereocenters. The maximum Gasteiger partial charge on any atom is 0.271 e. The molecular weight excluding hydrogens is 188 g/mol. The Bertz CT molecular complexity index is 348. The monoisotopic (exact) mass is 198 g/mol. The number of carbonyl (C=O) groups is 1. The van der Waals surface area contributed by atoms with E-state index in [9.17, 15) is 4.79 Å². The minimum atomic E-state index is 0.0125. The lowest BCUT2D eigenvalue weighted by Gasteiger charge is -2.21. The molecule has 70 valence electrons. The van der Waals surface area contributed by atoms with Crippen LogP contribution in [0.15, 0.2) is 0 Å². The molecule has 0 bridgehead atoms. The summed E-state index contributed by atoms with van der Waals surface area (Å²) in [6, 6.07) is 0. The third-order valence-corrected chi connectivity index (χ3v) is 3.05. The van der Waals surface area contributed by atoms with Crippen molar-refractivity contribution in [1.29, 1.82) is 0 Å². The number of nitrogens with zero attached hydrogens (tertiary/aromatic N) is 2. The maximum absolute atomic E-state index is 11.6. The highest BCUT2D eigenvalue weighted by Crippen LogP contribution is 2.29. The Kier molecular flexibility index (Phi) is 1.95. The molecule has 1 aromatic heterocycles. The van der Waals surface area contributed by atoms with E-state index in [1.165, 1.54) is 11.3 Å². The number of aryl methyl sites for hydroxylation is 1. The summed E-state index contributed by atoms with van der Waals surface area (Å²) < 4.78 is 5.29. The fourth-order valence-corrected chi connectivity index (χ4v) is 2.07. The number of rotatable bonds is 1. The zero-order chi connectivity index (χ0) is 9.42. The van der Waals surface area contributed by atoms with Crippen LogP contribution >= 0.6 is 11.3 Å². The van der Waals surface area contributed by atoms with Gasteiger partial charge in [0.25, 0.3) is 5.91 Å². The van der Waals surface area contributed by atoms with Crippen LogP contribution in [0.1, 0.15) is 21.6 Å². The smallest absolute Gasteiger partial charge is 0.271 e. The average molecular weight is 198 g/mol. The second-order valence-electron chi connectivity index (χ2n) is 2.87. The second kappa shape index (κ2) is 2.99. The number of aromatic nitrogens is 1. The molecule has 0 saturated heterocycles. The average Bonchev–Trinajstić information content (AvgIpc) is 2.55. The SMILES string of the molecule is CCc1nc2c(s1)C(=O)N(C)CO2. The number of fused-ring (bicyclic) bond motifs is 1. The summed E-state index contributed by atoms with van der Waals surface area (Å²) >= 11 is 1.42. The van der Waals surface area contributed by atoms with Gasteiger partial charge < -0.3 is 9.64 Å². The van der Waals surface area contributed by atoms with Gasteiger partial charge in [0.2, 0.25) is 5.88 Å². The van der Waals surface area contributed by atoms with Gasteiger partial charge in [-0.05, 0) is 6.42 Å². The topological polar surface area (TPSA) is 42.4 Å². The van der Waals surface area contributed by atoms with E-state index in [2.05, 4.69) is 4.98 Å². The largest absolute Gasteiger partial charge is 0.455 e. The summed E-state index contributed by atoms with van der Waals surface area (Å²) in [5, 5.41) is 0.952. The van der Waals surface area contributed by atoms with Crippen molar-refractivity contribution in [2.75, 3.05) is 13.8 Å². The molecule has 2 rings (SSSR count). The summed E-state index contributed by atoms with van der Waals surface area (Å²) in [5.41, 5.74) is 0. The molecule has 0 fully saturated rings. The Labute approximate surface area is 80.1 Å². The predicted octanol–water partition coefficient (Wildman–Crippen LogP) is 1.13. The van der Waals surface area contributed by atoms with Crippen molar-refractivity contribution in [3.63, 3.8) is 0 Å². The molecule has 0 spiro atoms. The van der Waals surface area contributed by atoms with Crippen molar-refractivity contribution < 1.29 is 9.53 Å². The third kappa shape index (κ3) is 1.29. The Morgan fingerprint density at radius 2 is 2.46 bits per heavy atom. The van der Waals surface area contributed by atoms with Crippen molar-refractivity contribution in [3.05, 3.63) is 9.88 Å².